The van der Waals surface area contributed by atoms with Gasteiger partial charge in [0.2, 0.25) is 0 Å². The summed E-state index contributed by atoms with van der Waals surface area (Å²) < 4.78 is 0. The minimum absolute atomic E-state index is 0.632. The van der Waals surface area contributed by atoms with E-state index in [1.807, 2.05) is 42.5 Å². The molecule has 0 aliphatic rings. The molecule has 0 aliphatic carbocycles. The Morgan fingerprint density at radius 2 is 1.43 bits per heavy atom. The van der Waals surface area contributed by atoms with Crippen molar-refractivity contribution < 1.29 is 0 Å². The first-order valence-electron chi connectivity index (χ1n) is 4.99. The zero-order valence-electron chi connectivity index (χ0n) is 9.48. The molecule has 0 atom stereocenters. The summed E-state index contributed by atoms with van der Waals surface area (Å²) >= 11 is 0. The van der Waals surface area contributed by atoms with Crippen molar-refractivity contribution >= 4 is 0 Å². The van der Waals surface area contributed by atoms with Crippen LogP contribution in [0, 0.1) is 0 Å². The zero-order valence-corrected chi connectivity index (χ0v) is 9.48. The number of benzene rings is 1. The van der Waals surface area contributed by atoms with Gasteiger partial charge in [0, 0.05) is 12.6 Å². The summed E-state index contributed by atoms with van der Waals surface area (Å²) in [6.45, 7) is 8.97. The van der Waals surface area contributed by atoms with Gasteiger partial charge in [-0.25, -0.2) is 0 Å². The fourth-order valence-corrected chi connectivity index (χ4v) is 0.799. The van der Waals surface area contributed by atoms with Gasteiger partial charge in [-0.1, -0.05) is 42.5 Å². The highest BCUT2D eigenvalue weighted by Gasteiger charge is 1.97. The summed E-state index contributed by atoms with van der Waals surface area (Å²) in [7, 11) is 2.09. The maximum absolute atomic E-state index is 3.64. The first-order valence-corrected chi connectivity index (χ1v) is 4.99. The molecule has 0 saturated heterocycles. The topological polar surface area (TPSA) is 3.24 Å². The Hall–Kier alpha value is -1.08. The third-order valence-electron chi connectivity index (χ3n) is 1.97. The lowest BCUT2D eigenvalue weighted by molar-refractivity contribution is 0.303. The molecule has 0 fully saturated rings. The van der Waals surface area contributed by atoms with Gasteiger partial charge in [-0.2, -0.15) is 0 Å². The van der Waals surface area contributed by atoms with Crippen molar-refractivity contribution in [2.24, 2.45) is 0 Å². The molecule has 1 aromatic carbocycles. The Kier molecular flexibility index (Phi) is 7.86. The number of hydrogen-bond donors (Lipinski definition) is 0. The summed E-state index contributed by atoms with van der Waals surface area (Å²) in [5, 5.41) is 0. The number of likely N-dealkylation sites (N-methyl/N-ethyl adjacent to an activating group) is 1. The molecule has 78 valence electrons. The lowest BCUT2D eigenvalue weighted by Crippen LogP contribution is -2.25. The molecule has 0 bridgehead atoms. The lowest BCUT2D eigenvalue weighted by Gasteiger charge is -2.17. The van der Waals surface area contributed by atoms with E-state index in [1.54, 1.807) is 0 Å². The quantitative estimate of drug-likeness (QED) is 0.663. The number of hydrogen-bond acceptors (Lipinski definition) is 1. The molecule has 0 radical (unpaired) electrons. The summed E-state index contributed by atoms with van der Waals surface area (Å²) in [6.07, 6.45) is 1.92. The molecular formula is C13H21N. The SMILES string of the molecule is C=CCN(C)C(C)C.c1ccccc1. The van der Waals surface area contributed by atoms with Crippen LogP contribution in [0.4, 0.5) is 0 Å². The molecule has 0 aliphatic heterocycles. The van der Waals surface area contributed by atoms with Gasteiger partial charge in [0.15, 0.2) is 0 Å². The Bertz CT molecular complexity index is 189. The normalized spacial score (nSPS) is 9.50. The molecule has 14 heavy (non-hydrogen) atoms. The Balaban J connectivity index is 0.000000249. The summed E-state index contributed by atoms with van der Waals surface area (Å²) in [5.41, 5.74) is 0. The van der Waals surface area contributed by atoms with E-state index in [9.17, 15) is 0 Å². The van der Waals surface area contributed by atoms with Gasteiger partial charge in [-0.3, -0.25) is 0 Å². The summed E-state index contributed by atoms with van der Waals surface area (Å²) in [4.78, 5) is 2.23. The minimum atomic E-state index is 0.632. The van der Waals surface area contributed by atoms with Gasteiger partial charge < -0.3 is 4.90 Å². The van der Waals surface area contributed by atoms with Gasteiger partial charge in [-0.05, 0) is 20.9 Å². The standard InChI is InChI=1S/C7H15N.C6H6/c1-5-6-8(4)7(2)3;1-2-4-6-5-3-1/h5,7H,1,6H2,2-4H3;1-6H. The van der Waals surface area contributed by atoms with Crippen LogP contribution in [0.2, 0.25) is 0 Å². The van der Waals surface area contributed by atoms with Gasteiger partial charge in [-0.15, -0.1) is 6.58 Å². The van der Waals surface area contributed by atoms with E-state index < -0.39 is 0 Å². The third-order valence-corrected chi connectivity index (χ3v) is 1.97. The molecule has 1 aromatic rings. The second-order valence-corrected chi connectivity index (χ2v) is 3.48. The van der Waals surface area contributed by atoms with Crippen LogP contribution in [-0.4, -0.2) is 24.5 Å². The molecule has 0 aromatic heterocycles. The van der Waals surface area contributed by atoms with Gasteiger partial charge >= 0.3 is 0 Å². The zero-order chi connectivity index (χ0) is 10.8. The molecule has 0 N–H and O–H groups in total. The van der Waals surface area contributed by atoms with Gasteiger partial charge in [0.25, 0.3) is 0 Å². The fraction of sp³-hybridized carbons (Fsp3) is 0.385. The van der Waals surface area contributed by atoms with E-state index in [4.69, 9.17) is 0 Å². The van der Waals surface area contributed by atoms with Crippen molar-refractivity contribution in [3.63, 3.8) is 0 Å². The minimum Gasteiger partial charge on any atom is -0.300 e. The molecule has 1 nitrogen and oxygen atoms in total. The maximum atomic E-state index is 3.64. The van der Waals surface area contributed by atoms with Crippen LogP contribution in [0.5, 0.6) is 0 Å². The molecule has 0 heterocycles. The molecule has 0 spiro atoms. The monoisotopic (exact) mass is 191 g/mol. The van der Waals surface area contributed by atoms with E-state index in [0.717, 1.165) is 6.54 Å². The van der Waals surface area contributed by atoms with Crippen LogP contribution in [0.15, 0.2) is 49.1 Å². The van der Waals surface area contributed by atoms with Crippen molar-refractivity contribution in [2.75, 3.05) is 13.6 Å². The van der Waals surface area contributed by atoms with Crippen molar-refractivity contribution in [1.29, 1.82) is 0 Å². The molecule has 0 saturated carbocycles. The lowest BCUT2D eigenvalue weighted by atomic mass is 10.3. The van der Waals surface area contributed by atoms with E-state index in [2.05, 4.69) is 32.4 Å². The van der Waals surface area contributed by atoms with Crippen molar-refractivity contribution in [3.05, 3.63) is 49.1 Å². The number of rotatable bonds is 3. The van der Waals surface area contributed by atoms with Crippen LogP contribution in [-0.2, 0) is 0 Å². The smallest absolute Gasteiger partial charge is 0.0160 e. The highest BCUT2D eigenvalue weighted by atomic mass is 15.1. The average molecular weight is 191 g/mol. The molecule has 0 amide bonds. The van der Waals surface area contributed by atoms with Crippen molar-refractivity contribution in [3.8, 4) is 0 Å². The van der Waals surface area contributed by atoms with E-state index in [1.165, 1.54) is 0 Å². The van der Waals surface area contributed by atoms with E-state index in [0.29, 0.717) is 6.04 Å². The fourth-order valence-electron chi connectivity index (χ4n) is 0.799. The van der Waals surface area contributed by atoms with Gasteiger partial charge in [0.1, 0.15) is 0 Å². The molecule has 1 heteroatoms. The second-order valence-electron chi connectivity index (χ2n) is 3.48. The van der Waals surface area contributed by atoms with Crippen LogP contribution in [0.3, 0.4) is 0 Å². The molecule has 1 rings (SSSR count). The van der Waals surface area contributed by atoms with E-state index >= 15 is 0 Å². The van der Waals surface area contributed by atoms with Crippen LogP contribution in [0.25, 0.3) is 0 Å². The van der Waals surface area contributed by atoms with Crippen LogP contribution in [0.1, 0.15) is 13.8 Å². The Morgan fingerprint density at radius 1 is 1.07 bits per heavy atom. The molecular weight excluding hydrogens is 170 g/mol. The Morgan fingerprint density at radius 3 is 1.57 bits per heavy atom. The largest absolute Gasteiger partial charge is 0.300 e. The second kappa shape index (κ2) is 8.52. The highest BCUT2D eigenvalue weighted by Crippen LogP contribution is 1.90. The predicted octanol–water partition coefficient (Wildman–Crippen LogP) is 3.20. The van der Waals surface area contributed by atoms with E-state index in [-0.39, 0.29) is 0 Å². The first-order chi connectivity index (χ1) is 6.68. The highest BCUT2D eigenvalue weighted by molar-refractivity contribution is 4.99. The maximum Gasteiger partial charge on any atom is 0.0160 e. The molecule has 0 unspecified atom stereocenters. The van der Waals surface area contributed by atoms with Crippen LogP contribution >= 0.6 is 0 Å². The number of nitrogens with zero attached hydrogens (tertiary/aromatic N) is 1. The predicted molar refractivity (Wildman–Crippen MR) is 64.4 cm³/mol. The van der Waals surface area contributed by atoms with Crippen molar-refractivity contribution in [2.45, 2.75) is 19.9 Å². The first kappa shape index (κ1) is 12.9. The summed E-state index contributed by atoms with van der Waals surface area (Å²) in [6, 6.07) is 12.6. The summed E-state index contributed by atoms with van der Waals surface area (Å²) in [5.74, 6) is 0. The van der Waals surface area contributed by atoms with Gasteiger partial charge in [0.05, 0.1) is 0 Å². The third kappa shape index (κ3) is 7.56. The van der Waals surface area contributed by atoms with Crippen molar-refractivity contribution in [1.82, 2.24) is 4.90 Å². The Labute approximate surface area is 88.1 Å². The van der Waals surface area contributed by atoms with Crippen LogP contribution < -0.4 is 0 Å². The average Bonchev–Trinajstić information content (AvgIpc) is 2.21.